The summed E-state index contributed by atoms with van der Waals surface area (Å²) in [7, 11) is 1.24. The minimum atomic E-state index is -4.47. The van der Waals surface area contributed by atoms with Crippen LogP contribution >= 0.6 is 11.3 Å². The number of ether oxygens (including phenoxy) is 2. The number of ketones is 1. The quantitative estimate of drug-likeness (QED) is 0.322. The summed E-state index contributed by atoms with van der Waals surface area (Å²) in [5.41, 5.74) is -1.48. The van der Waals surface area contributed by atoms with Crippen molar-refractivity contribution in [1.82, 2.24) is 5.32 Å². The van der Waals surface area contributed by atoms with E-state index in [0.717, 1.165) is 11.3 Å². The van der Waals surface area contributed by atoms with Crippen LogP contribution < -0.4 is 15.7 Å². The summed E-state index contributed by atoms with van der Waals surface area (Å²) in [6.45, 7) is 1.73. The Morgan fingerprint density at radius 3 is 2.66 bits per heavy atom. The van der Waals surface area contributed by atoms with E-state index in [2.05, 4.69) is 14.8 Å². The Labute approximate surface area is 202 Å². The predicted octanol–water partition coefficient (Wildman–Crippen LogP) is 5.39. The van der Waals surface area contributed by atoms with Crippen LogP contribution in [0.1, 0.15) is 53.6 Å². The van der Waals surface area contributed by atoms with E-state index in [1.165, 1.54) is 44.5 Å². The molecule has 0 aromatic carbocycles. The molecule has 0 saturated carbocycles. The lowest BCUT2D eigenvalue weighted by Crippen LogP contribution is -2.18. The van der Waals surface area contributed by atoms with Crippen LogP contribution in [-0.4, -0.2) is 36.9 Å². The van der Waals surface area contributed by atoms with Gasteiger partial charge in [0.05, 0.1) is 7.11 Å². The minimum Gasteiger partial charge on any atom is -0.507 e. The third kappa shape index (κ3) is 8.63. The van der Waals surface area contributed by atoms with E-state index in [0.29, 0.717) is 17.7 Å². The fourth-order valence-corrected chi connectivity index (χ4v) is 3.69. The van der Waals surface area contributed by atoms with Crippen LogP contribution in [0, 0.1) is 0 Å². The summed E-state index contributed by atoms with van der Waals surface area (Å²) < 4.78 is 51.2. The van der Waals surface area contributed by atoms with Gasteiger partial charge in [-0.05, 0) is 43.5 Å². The maximum atomic E-state index is 12.7. The highest BCUT2D eigenvalue weighted by Crippen LogP contribution is 2.30. The van der Waals surface area contributed by atoms with E-state index >= 15 is 0 Å². The molecule has 12 heteroatoms. The van der Waals surface area contributed by atoms with Crippen molar-refractivity contribution in [2.75, 3.05) is 13.7 Å². The lowest BCUT2D eigenvalue weighted by Gasteiger charge is -2.11. The lowest BCUT2D eigenvalue weighted by molar-refractivity contribution is -0.152. The highest BCUT2D eigenvalue weighted by molar-refractivity contribution is 7.14. The van der Waals surface area contributed by atoms with Gasteiger partial charge in [0.1, 0.15) is 17.1 Å². The van der Waals surface area contributed by atoms with Crippen molar-refractivity contribution < 1.29 is 41.8 Å². The standard InChI is InChI=1S/C23H24F3NO7S/c1-13(6-4-5-9-27-22(31)32-3)17-11-16(28)19(21(30)34-17)20(29)14(2)10-15-7-8-18(35-15)33-12-23(24,25)26/h5,7-11,13,28H,4,6,12H2,1-3H3,(H,27,31)/b9-5+,14-10+. The molecule has 1 amide bonds. The van der Waals surface area contributed by atoms with Gasteiger partial charge < -0.3 is 19.0 Å². The largest absolute Gasteiger partial charge is 0.507 e. The lowest BCUT2D eigenvalue weighted by atomic mass is 10.00. The number of aromatic hydroxyl groups is 1. The summed E-state index contributed by atoms with van der Waals surface area (Å²) in [4.78, 5) is 36.6. The zero-order valence-electron chi connectivity index (χ0n) is 19.1. The number of carbonyl (C=O) groups is 2. The molecular weight excluding hydrogens is 491 g/mol. The predicted molar refractivity (Wildman–Crippen MR) is 123 cm³/mol. The first-order valence-electron chi connectivity index (χ1n) is 10.3. The first-order valence-corrected chi connectivity index (χ1v) is 11.1. The smallest absolute Gasteiger partial charge is 0.422 e. The van der Waals surface area contributed by atoms with E-state index in [4.69, 9.17) is 4.42 Å². The number of Topliss-reactive ketones (excluding diaryl/α,β-unsaturated/α-hetero) is 1. The topological polar surface area (TPSA) is 115 Å². The number of allylic oxidation sites excluding steroid dienone is 2. The third-order valence-corrected chi connectivity index (χ3v) is 5.58. The number of rotatable bonds is 10. The van der Waals surface area contributed by atoms with Gasteiger partial charge in [-0.15, -0.1) is 0 Å². The molecule has 2 N–H and O–H groups in total. The van der Waals surface area contributed by atoms with Gasteiger partial charge >= 0.3 is 17.9 Å². The van der Waals surface area contributed by atoms with Crippen molar-refractivity contribution in [3.63, 3.8) is 0 Å². The molecule has 8 nitrogen and oxygen atoms in total. The van der Waals surface area contributed by atoms with Gasteiger partial charge in [-0.1, -0.05) is 24.3 Å². The number of halogens is 3. The van der Waals surface area contributed by atoms with Gasteiger partial charge in [-0.2, -0.15) is 13.2 Å². The van der Waals surface area contributed by atoms with Gasteiger partial charge in [-0.3, -0.25) is 10.1 Å². The van der Waals surface area contributed by atoms with E-state index in [9.17, 15) is 32.7 Å². The van der Waals surface area contributed by atoms with Crippen molar-refractivity contribution in [2.24, 2.45) is 0 Å². The Hall–Kier alpha value is -3.54. The Balaban J connectivity index is 2.08. The molecule has 1 atom stereocenters. The van der Waals surface area contributed by atoms with Gasteiger partial charge in [0.25, 0.3) is 0 Å². The number of hydrogen-bond donors (Lipinski definition) is 2. The summed E-state index contributed by atoms with van der Waals surface area (Å²) in [5, 5.41) is 12.7. The SMILES string of the molecule is COC(=O)N/C=C/CCC(C)c1cc(O)c(C(=O)/C(C)=C/c2ccc(OCC(F)(F)F)s2)c(=O)o1. The van der Waals surface area contributed by atoms with Crippen LogP contribution in [0.5, 0.6) is 10.8 Å². The molecular formula is C23H24F3NO7S. The van der Waals surface area contributed by atoms with Crippen LogP contribution in [0.2, 0.25) is 0 Å². The number of carbonyl (C=O) groups excluding carboxylic acids is 2. The number of thiophene rings is 1. The first-order chi connectivity index (χ1) is 16.4. The average Bonchev–Trinajstić information content (AvgIpc) is 3.23. The maximum Gasteiger partial charge on any atom is 0.422 e. The molecule has 1 unspecified atom stereocenters. The Kier molecular flexibility index (Phi) is 9.69. The molecule has 0 aliphatic rings. The van der Waals surface area contributed by atoms with Crippen LogP contribution in [0.25, 0.3) is 6.08 Å². The number of nitrogens with one attached hydrogen (secondary N) is 1. The van der Waals surface area contributed by atoms with Crippen molar-refractivity contribution in [1.29, 1.82) is 0 Å². The monoisotopic (exact) mass is 515 g/mol. The highest BCUT2D eigenvalue weighted by Gasteiger charge is 2.28. The summed E-state index contributed by atoms with van der Waals surface area (Å²) in [6.07, 6.45) is 0.434. The molecule has 2 aromatic heterocycles. The van der Waals surface area contributed by atoms with Crippen molar-refractivity contribution in [3.8, 4) is 10.8 Å². The zero-order chi connectivity index (χ0) is 26.2. The second kappa shape index (κ2) is 12.2. The average molecular weight is 516 g/mol. The molecule has 0 bridgehead atoms. The van der Waals surface area contributed by atoms with E-state index in [1.54, 1.807) is 13.0 Å². The number of amides is 1. The Morgan fingerprint density at radius 2 is 2.03 bits per heavy atom. The summed E-state index contributed by atoms with van der Waals surface area (Å²) in [5.74, 6) is -1.41. The second-order valence-electron chi connectivity index (χ2n) is 7.43. The first kappa shape index (κ1) is 27.7. The third-order valence-electron chi connectivity index (χ3n) is 4.63. The number of methoxy groups -OCH3 is 1. The number of alkyl halides is 3. The fraction of sp³-hybridized carbons (Fsp3) is 0.348. The molecule has 0 radical (unpaired) electrons. The minimum absolute atomic E-state index is 0.0189. The van der Waals surface area contributed by atoms with Gasteiger partial charge in [0, 0.05) is 23.1 Å². The van der Waals surface area contributed by atoms with Crippen LogP contribution in [0.4, 0.5) is 18.0 Å². The van der Waals surface area contributed by atoms with Crippen LogP contribution in [-0.2, 0) is 4.74 Å². The molecule has 35 heavy (non-hydrogen) atoms. The van der Waals surface area contributed by atoms with Crippen molar-refractivity contribution >= 4 is 29.3 Å². The van der Waals surface area contributed by atoms with Crippen molar-refractivity contribution in [3.05, 3.63) is 62.7 Å². The Bertz CT molecular complexity index is 1160. The van der Waals surface area contributed by atoms with E-state index in [-0.39, 0.29) is 22.3 Å². The summed E-state index contributed by atoms with van der Waals surface area (Å²) in [6, 6.07) is 4.01. The van der Waals surface area contributed by atoms with Gasteiger partial charge in [0.15, 0.2) is 17.5 Å². The fourth-order valence-electron chi connectivity index (χ4n) is 2.83. The van der Waals surface area contributed by atoms with E-state index in [1.807, 2.05) is 0 Å². The molecule has 0 aliphatic carbocycles. The molecule has 0 fully saturated rings. The molecule has 0 spiro atoms. The van der Waals surface area contributed by atoms with Crippen LogP contribution in [0.3, 0.4) is 0 Å². The molecule has 0 aliphatic heterocycles. The molecule has 0 saturated heterocycles. The van der Waals surface area contributed by atoms with Gasteiger partial charge in [0.2, 0.25) is 0 Å². The summed E-state index contributed by atoms with van der Waals surface area (Å²) >= 11 is 0.892. The van der Waals surface area contributed by atoms with Gasteiger partial charge in [-0.25, -0.2) is 9.59 Å². The second-order valence-corrected chi connectivity index (χ2v) is 8.51. The highest BCUT2D eigenvalue weighted by atomic mass is 32.1. The Morgan fingerprint density at radius 1 is 1.31 bits per heavy atom. The van der Waals surface area contributed by atoms with E-state index < -0.39 is 41.6 Å². The molecule has 2 rings (SSSR count). The maximum absolute atomic E-state index is 12.7. The van der Waals surface area contributed by atoms with Crippen LogP contribution in [0.15, 0.2) is 45.3 Å². The normalized spacial score (nSPS) is 13.0. The number of alkyl carbamates (subject to hydrolysis) is 1. The molecule has 190 valence electrons. The van der Waals surface area contributed by atoms with Crippen molar-refractivity contribution in [2.45, 2.75) is 38.8 Å². The molecule has 2 heterocycles. The zero-order valence-corrected chi connectivity index (χ0v) is 19.9. The number of hydrogen-bond acceptors (Lipinski definition) is 8. The molecule has 2 aromatic rings.